The fourth-order valence-electron chi connectivity index (χ4n) is 3.97. The lowest BCUT2D eigenvalue weighted by molar-refractivity contribution is -1.03. The Balaban J connectivity index is 1.46. The van der Waals surface area contributed by atoms with Gasteiger partial charge in [0.2, 0.25) is 0 Å². The summed E-state index contributed by atoms with van der Waals surface area (Å²) in [5.74, 6) is 2.10. The molecule has 2 heterocycles. The highest BCUT2D eigenvalue weighted by molar-refractivity contribution is 4.95. The van der Waals surface area contributed by atoms with Crippen LogP contribution < -0.4 is 9.80 Å². The predicted molar refractivity (Wildman–Crippen MR) is 75.2 cm³/mol. The van der Waals surface area contributed by atoms with E-state index in [1.165, 1.54) is 51.9 Å². The minimum Gasteiger partial charge on any atom is -0.463 e. The first-order valence-electron chi connectivity index (χ1n) is 8.02. The summed E-state index contributed by atoms with van der Waals surface area (Å²) < 4.78 is 5.47. The first-order valence-corrected chi connectivity index (χ1v) is 8.02. The van der Waals surface area contributed by atoms with Crippen LogP contribution in [0.5, 0.6) is 0 Å². The smallest absolute Gasteiger partial charge is 0.157 e. The van der Waals surface area contributed by atoms with E-state index in [1.54, 1.807) is 11.2 Å². The Morgan fingerprint density at radius 3 is 2.74 bits per heavy atom. The number of furan rings is 1. The minimum atomic E-state index is 0.953. The summed E-state index contributed by atoms with van der Waals surface area (Å²) in [6.45, 7) is 8.83. The second kappa shape index (κ2) is 6.10. The van der Waals surface area contributed by atoms with E-state index in [2.05, 4.69) is 13.0 Å². The molecule has 2 fully saturated rings. The van der Waals surface area contributed by atoms with Crippen molar-refractivity contribution in [1.29, 1.82) is 0 Å². The molecule has 0 amide bonds. The number of nitrogens with one attached hydrogen (secondary N) is 2. The average molecular weight is 264 g/mol. The molecule has 0 bridgehead atoms. The molecule has 3 rings (SSSR count). The van der Waals surface area contributed by atoms with Gasteiger partial charge in [-0.3, -0.25) is 0 Å². The maximum absolute atomic E-state index is 5.47. The van der Waals surface area contributed by atoms with Gasteiger partial charge in [0.1, 0.15) is 32.7 Å². The van der Waals surface area contributed by atoms with Gasteiger partial charge in [-0.1, -0.05) is 13.3 Å². The molecule has 2 atom stereocenters. The van der Waals surface area contributed by atoms with Crippen LogP contribution in [0.1, 0.15) is 38.4 Å². The zero-order valence-corrected chi connectivity index (χ0v) is 12.2. The third-order valence-corrected chi connectivity index (χ3v) is 5.12. The summed E-state index contributed by atoms with van der Waals surface area (Å²) in [7, 11) is 0. The fraction of sp³-hybridized carbons (Fsp3) is 0.750. The number of hydrogen-bond acceptors (Lipinski definition) is 1. The number of piperazine rings is 1. The van der Waals surface area contributed by atoms with E-state index in [-0.39, 0.29) is 0 Å². The minimum absolute atomic E-state index is 0.953. The van der Waals surface area contributed by atoms with Gasteiger partial charge in [-0.2, -0.15) is 0 Å². The van der Waals surface area contributed by atoms with Crippen LogP contribution in [0.15, 0.2) is 22.8 Å². The SMILES string of the molecule is C[C@@H]1CCC[C@@H]([NH+]2CC[NH+](Cc3ccco3)CC2)C1. The Morgan fingerprint density at radius 1 is 1.21 bits per heavy atom. The summed E-state index contributed by atoms with van der Waals surface area (Å²) in [6, 6.07) is 5.06. The van der Waals surface area contributed by atoms with E-state index in [0.29, 0.717) is 0 Å². The van der Waals surface area contributed by atoms with Crippen molar-refractivity contribution in [1.82, 2.24) is 0 Å². The van der Waals surface area contributed by atoms with Gasteiger partial charge in [-0.25, -0.2) is 0 Å². The Kier molecular flexibility index (Phi) is 4.24. The van der Waals surface area contributed by atoms with Gasteiger partial charge in [-0.05, 0) is 30.9 Å². The molecule has 2 N–H and O–H groups in total. The molecule has 1 saturated carbocycles. The van der Waals surface area contributed by atoms with Crippen molar-refractivity contribution in [3.8, 4) is 0 Å². The highest BCUT2D eigenvalue weighted by atomic mass is 16.3. The molecule has 106 valence electrons. The molecule has 1 aromatic rings. The van der Waals surface area contributed by atoms with Crippen molar-refractivity contribution in [3.63, 3.8) is 0 Å². The molecule has 0 unspecified atom stereocenters. The van der Waals surface area contributed by atoms with Crippen LogP contribution in [0.3, 0.4) is 0 Å². The van der Waals surface area contributed by atoms with Crippen molar-refractivity contribution < 1.29 is 14.2 Å². The van der Waals surface area contributed by atoms with E-state index in [4.69, 9.17) is 4.42 Å². The Morgan fingerprint density at radius 2 is 2.05 bits per heavy atom. The van der Waals surface area contributed by atoms with Crippen LogP contribution in [-0.2, 0) is 6.54 Å². The van der Waals surface area contributed by atoms with E-state index < -0.39 is 0 Å². The van der Waals surface area contributed by atoms with Crippen LogP contribution in [0, 0.1) is 5.92 Å². The van der Waals surface area contributed by atoms with E-state index in [9.17, 15) is 0 Å². The molecule has 3 nitrogen and oxygen atoms in total. The maximum atomic E-state index is 5.47. The molecule has 3 heteroatoms. The second-order valence-electron chi connectivity index (χ2n) is 6.63. The van der Waals surface area contributed by atoms with Crippen molar-refractivity contribution >= 4 is 0 Å². The monoisotopic (exact) mass is 264 g/mol. The number of hydrogen-bond donors (Lipinski definition) is 2. The first kappa shape index (κ1) is 13.2. The van der Waals surface area contributed by atoms with Crippen LogP contribution in [0.4, 0.5) is 0 Å². The summed E-state index contributed by atoms with van der Waals surface area (Å²) in [4.78, 5) is 3.58. The van der Waals surface area contributed by atoms with Gasteiger partial charge in [-0.15, -0.1) is 0 Å². The highest BCUT2D eigenvalue weighted by Crippen LogP contribution is 2.21. The zero-order chi connectivity index (χ0) is 13.1. The fourth-order valence-corrected chi connectivity index (χ4v) is 3.97. The summed E-state index contributed by atoms with van der Waals surface area (Å²) in [5, 5.41) is 0. The lowest BCUT2D eigenvalue weighted by Crippen LogP contribution is -3.29. The molecular weight excluding hydrogens is 236 g/mol. The van der Waals surface area contributed by atoms with E-state index in [1.807, 2.05) is 11.0 Å². The van der Waals surface area contributed by atoms with Crippen LogP contribution in [0.25, 0.3) is 0 Å². The summed E-state index contributed by atoms with van der Waals surface area (Å²) >= 11 is 0. The number of rotatable bonds is 3. The van der Waals surface area contributed by atoms with Crippen molar-refractivity contribution in [2.45, 2.75) is 45.2 Å². The molecule has 0 radical (unpaired) electrons. The summed E-state index contributed by atoms with van der Waals surface area (Å²) in [5.41, 5.74) is 0. The van der Waals surface area contributed by atoms with E-state index in [0.717, 1.165) is 24.3 Å². The standard InChI is InChI=1S/C16H26N2O/c1-14-4-2-5-15(12-14)18-9-7-17(8-10-18)13-16-6-3-11-19-16/h3,6,11,14-15H,2,4-5,7-10,12-13H2,1H3/p+2/t14-,15-/m1/s1. The van der Waals surface area contributed by atoms with Gasteiger partial charge >= 0.3 is 0 Å². The third-order valence-electron chi connectivity index (χ3n) is 5.12. The van der Waals surface area contributed by atoms with Gasteiger partial charge in [0, 0.05) is 6.42 Å². The van der Waals surface area contributed by atoms with Crippen LogP contribution in [-0.4, -0.2) is 32.2 Å². The van der Waals surface area contributed by atoms with Gasteiger partial charge in [0.15, 0.2) is 5.76 Å². The highest BCUT2D eigenvalue weighted by Gasteiger charge is 2.32. The van der Waals surface area contributed by atoms with Crippen LogP contribution >= 0.6 is 0 Å². The molecule has 0 spiro atoms. The van der Waals surface area contributed by atoms with Gasteiger partial charge in [0.05, 0.1) is 12.3 Å². The average Bonchev–Trinajstić information content (AvgIpc) is 2.92. The number of quaternary nitrogens is 2. The van der Waals surface area contributed by atoms with E-state index >= 15 is 0 Å². The van der Waals surface area contributed by atoms with Crippen LogP contribution in [0.2, 0.25) is 0 Å². The van der Waals surface area contributed by atoms with Crippen molar-refractivity contribution in [3.05, 3.63) is 24.2 Å². The molecule has 1 aliphatic heterocycles. The zero-order valence-electron chi connectivity index (χ0n) is 12.2. The first-order chi connectivity index (χ1) is 9.31. The van der Waals surface area contributed by atoms with Gasteiger partial charge in [0.25, 0.3) is 0 Å². The quantitative estimate of drug-likeness (QED) is 0.797. The Bertz CT molecular complexity index is 368. The van der Waals surface area contributed by atoms with Crippen molar-refractivity contribution in [2.24, 2.45) is 5.92 Å². The normalized spacial score (nSPS) is 36.3. The Hall–Kier alpha value is -0.800. The lowest BCUT2D eigenvalue weighted by Gasteiger charge is -2.37. The topological polar surface area (TPSA) is 22.0 Å². The van der Waals surface area contributed by atoms with Gasteiger partial charge < -0.3 is 14.2 Å². The summed E-state index contributed by atoms with van der Waals surface area (Å²) in [6.07, 6.45) is 7.63. The predicted octanol–water partition coefficient (Wildman–Crippen LogP) is 0.142. The molecule has 1 aliphatic carbocycles. The molecule has 1 aromatic heterocycles. The van der Waals surface area contributed by atoms with Crippen molar-refractivity contribution in [2.75, 3.05) is 26.2 Å². The maximum Gasteiger partial charge on any atom is 0.157 e. The molecule has 1 saturated heterocycles. The molecule has 2 aliphatic rings. The Labute approximate surface area is 116 Å². The second-order valence-corrected chi connectivity index (χ2v) is 6.63. The third kappa shape index (κ3) is 3.40. The molecule has 0 aromatic carbocycles. The molecular formula is C16H28N2O+2. The molecule has 19 heavy (non-hydrogen) atoms. The lowest BCUT2D eigenvalue weighted by atomic mass is 9.86. The largest absolute Gasteiger partial charge is 0.463 e.